The lowest BCUT2D eigenvalue weighted by molar-refractivity contribution is -0.131. The van der Waals surface area contributed by atoms with Crippen LogP contribution in [0.1, 0.15) is 23.9 Å². The van der Waals surface area contributed by atoms with Crippen LogP contribution in [0.2, 0.25) is 0 Å². The summed E-state index contributed by atoms with van der Waals surface area (Å²) in [4.78, 5) is 22.9. The summed E-state index contributed by atoms with van der Waals surface area (Å²) in [5, 5.41) is 8.55. The molecule has 0 aliphatic heterocycles. The highest BCUT2D eigenvalue weighted by Crippen LogP contribution is 2.22. The Bertz CT molecular complexity index is 666. The van der Waals surface area contributed by atoms with Crippen LogP contribution in [-0.2, 0) is 11.2 Å². The predicted molar refractivity (Wildman–Crippen MR) is 77.1 cm³/mol. The van der Waals surface area contributed by atoms with Crippen LogP contribution in [0.5, 0.6) is 11.8 Å². The summed E-state index contributed by atoms with van der Waals surface area (Å²) in [6, 6.07) is 3.89. The molecule has 0 bridgehead atoms. The summed E-state index contributed by atoms with van der Waals surface area (Å²) < 4.78 is 5.61. The van der Waals surface area contributed by atoms with Gasteiger partial charge in [0, 0.05) is 29.7 Å². The van der Waals surface area contributed by atoms with Crippen LogP contribution in [-0.4, -0.2) is 26.0 Å². The molecular formula is C15H15N3O3. The summed E-state index contributed by atoms with van der Waals surface area (Å²) >= 11 is 0. The van der Waals surface area contributed by atoms with Crippen molar-refractivity contribution in [3.63, 3.8) is 0 Å². The fourth-order valence-corrected chi connectivity index (χ4v) is 1.67. The summed E-state index contributed by atoms with van der Waals surface area (Å²) in [6.45, 7) is 3.91. The molecular weight excluding hydrogens is 270 g/mol. The molecule has 0 spiro atoms. The van der Waals surface area contributed by atoms with E-state index in [-0.39, 0.29) is 6.01 Å². The maximum Gasteiger partial charge on any atom is 0.328 e. The number of aliphatic carboxylic acids is 1. The molecule has 0 aromatic carbocycles. The summed E-state index contributed by atoms with van der Waals surface area (Å²) in [5.74, 6) is -0.398. The third kappa shape index (κ3) is 4.10. The molecule has 2 aromatic heterocycles. The molecule has 0 saturated heterocycles. The number of aryl methyl sites for hydroxylation is 2. The monoisotopic (exact) mass is 285 g/mol. The summed E-state index contributed by atoms with van der Waals surface area (Å²) in [6.07, 6.45) is 6.18. The van der Waals surface area contributed by atoms with Crippen molar-refractivity contribution in [2.45, 2.75) is 20.3 Å². The number of hydrogen-bond donors (Lipinski definition) is 1. The van der Waals surface area contributed by atoms with E-state index in [2.05, 4.69) is 15.0 Å². The van der Waals surface area contributed by atoms with Gasteiger partial charge < -0.3 is 9.84 Å². The molecule has 1 N–H and O–H groups in total. The van der Waals surface area contributed by atoms with Gasteiger partial charge in [-0.2, -0.15) is 0 Å². The highest BCUT2D eigenvalue weighted by atomic mass is 16.5. The van der Waals surface area contributed by atoms with Gasteiger partial charge in [0.25, 0.3) is 0 Å². The number of rotatable bonds is 5. The van der Waals surface area contributed by atoms with Crippen molar-refractivity contribution in [3.05, 3.63) is 47.6 Å². The van der Waals surface area contributed by atoms with Gasteiger partial charge >= 0.3 is 12.0 Å². The van der Waals surface area contributed by atoms with Crippen LogP contribution in [0.4, 0.5) is 0 Å². The lowest BCUT2D eigenvalue weighted by Gasteiger charge is -2.08. The fourth-order valence-electron chi connectivity index (χ4n) is 1.67. The number of nitrogens with zero attached hydrogens (tertiary/aromatic N) is 3. The zero-order valence-electron chi connectivity index (χ0n) is 11.8. The molecule has 0 saturated carbocycles. The molecule has 0 fully saturated rings. The van der Waals surface area contributed by atoms with Crippen LogP contribution < -0.4 is 4.74 Å². The number of aromatic nitrogens is 3. The van der Waals surface area contributed by atoms with Crippen LogP contribution in [0.3, 0.4) is 0 Å². The minimum absolute atomic E-state index is 0.197. The third-order valence-electron chi connectivity index (χ3n) is 2.67. The number of carboxylic acids is 1. The van der Waals surface area contributed by atoms with Crippen LogP contribution in [0, 0.1) is 6.92 Å². The summed E-state index contributed by atoms with van der Waals surface area (Å²) in [5.41, 5.74) is 2.35. The number of hydrogen-bond acceptors (Lipinski definition) is 5. The Morgan fingerprint density at radius 3 is 2.67 bits per heavy atom. The summed E-state index contributed by atoms with van der Waals surface area (Å²) in [7, 11) is 0. The molecule has 0 unspecified atom stereocenters. The minimum Gasteiger partial charge on any atom is -0.478 e. The first kappa shape index (κ1) is 14.6. The van der Waals surface area contributed by atoms with Gasteiger partial charge in [-0.3, -0.25) is 4.98 Å². The Kier molecular flexibility index (Phi) is 4.61. The van der Waals surface area contributed by atoms with Crippen molar-refractivity contribution in [2.24, 2.45) is 0 Å². The molecule has 0 aliphatic rings. The molecule has 2 heterocycles. The highest BCUT2D eigenvalue weighted by molar-refractivity contribution is 5.85. The third-order valence-corrected chi connectivity index (χ3v) is 2.67. The van der Waals surface area contributed by atoms with Gasteiger partial charge in [0.15, 0.2) is 5.75 Å². The molecule has 0 aliphatic carbocycles. The van der Waals surface area contributed by atoms with E-state index in [9.17, 15) is 4.79 Å². The number of pyridine rings is 1. The van der Waals surface area contributed by atoms with Gasteiger partial charge in [-0.25, -0.2) is 14.8 Å². The molecule has 21 heavy (non-hydrogen) atoms. The predicted octanol–water partition coefficient (Wildman–Crippen LogP) is 2.63. The second-order valence-electron chi connectivity index (χ2n) is 4.32. The Hall–Kier alpha value is -2.76. The zero-order chi connectivity index (χ0) is 15.2. The van der Waals surface area contributed by atoms with E-state index >= 15 is 0 Å². The Balaban J connectivity index is 2.15. The SMILES string of the molecule is CCc1nc(C)ccc1Oc1ncc(/C=C/C(=O)O)cn1. The number of carboxylic acid groups (broad SMARTS) is 1. The molecule has 0 amide bonds. The van der Waals surface area contributed by atoms with Gasteiger partial charge in [-0.1, -0.05) is 6.92 Å². The smallest absolute Gasteiger partial charge is 0.328 e. The molecule has 0 radical (unpaired) electrons. The Morgan fingerprint density at radius 1 is 1.33 bits per heavy atom. The van der Waals surface area contributed by atoms with E-state index in [1.807, 2.05) is 26.0 Å². The van der Waals surface area contributed by atoms with Crippen molar-refractivity contribution in [3.8, 4) is 11.8 Å². The van der Waals surface area contributed by atoms with Crippen LogP contribution in [0.25, 0.3) is 6.08 Å². The van der Waals surface area contributed by atoms with E-state index in [4.69, 9.17) is 9.84 Å². The van der Waals surface area contributed by atoms with Crippen LogP contribution >= 0.6 is 0 Å². The first-order valence-corrected chi connectivity index (χ1v) is 6.46. The van der Waals surface area contributed by atoms with Crippen molar-refractivity contribution in [1.29, 1.82) is 0 Å². The van der Waals surface area contributed by atoms with Crippen molar-refractivity contribution >= 4 is 12.0 Å². The van der Waals surface area contributed by atoms with E-state index in [1.54, 1.807) is 0 Å². The molecule has 6 nitrogen and oxygen atoms in total. The topological polar surface area (TPSA) is 85.2 Å². The van der Waals surface area contributed by atoms with E-state index in [0.717, 1.165) is 23.9 Å². The van der Waals surface area contributed by atoms with Crippen LogP contribution in [0.15, 0.2) is 30.6 Å². The molecule has 108 valence electrons. The fraction of sp³-hybridized carbons (Fsp3) is 0.200. The maximum atomic E-state index is 10.4. The first-order chi connectivity index (χ1) is 10.1. The molecule has 2 aromatic rings. The first-order valence-electron chi connectivity index (χ1n) is 6.46. The van der Waals surface area contributed by atoms with Crippen molar-refractivity contribution in [2.75, 3.05) is 0 Å². The average Bonchev–Trinajstić information content (AvgIpc) is 2.48. The minimum atomic E-state index is -1.02. The lowest BCUT2D eigenvalue weighted by atomic mass is 10.2. The molecule has 0 atom stereocenters. The number of carbonyl (C=O) groups is 1. The van der Waals surface area contributed by atoms with Gasteiger partial charge in [0.2, 0.25) is 0 Å². The largest absolute Gasteiger partial charge is 0.478 e. The van der Waals surface area contributed by atoms with Gasteiger partial charge in [-0.05, 0) is 31.6 Å². The Labute approximate surface area is 122 Å². The van der Waals surface area contributed by atoms with Crippen molar-refractivity contribution < 1.29 is 14.6 Å². The highest BCUT2D eigenvalue weighted by Gasteiger charge is 2.07. The van der Waals surface area contributed by atoms with Crippen molar-refractivity contribution in [1.82, 2.24) is 15.0 Å². The maximum absolute atomic E-state index is 10.4. The average molecular weight is 285 g/mol. The standard InChI is InChI=1S/C15H15N3O3/c1-3-12-13(6-4-10(2)18-12)21-15-16-8-11(9-17-15)5-7-14(19)20/h4-9H,3H2,1-2H3,(H,19,20)/b7-5+. The quantitative estimate of drug-likeness (QED) is 0.850. The van der Waals surface area contributed by atoms with Gasteiger partial charge in [-0.15, -0.1) is 0 Å². The van der Waals surface area contributed by atoms with Gasteiger partial charge in [0.1, 0.15) is 0 Å². The van der Waals surface area contributed by atoms with E-state index < -0.39 is 5.97 Å². The molecule has 2 rings (SSSR count). The van der Waals surface area contributed by atoms with E-state index in [0.29, 0.717) is 11.3 Å². The Morgan fingerprint density at radius 2 is 2.05 bits per heavy atom. The van der Waals surface area contributed by atoms with Gasteiger partial charge in [0.05, 0.1) is 5.69 Å². The normalized spacial score (nSPS) is 10.8. The number of ether oxygens (including phenoxy) is 1. The van der Waals surface area contributed by atoms with E-state index in [1.165, 1.54) is 18.5 Å². The zero-order valence-corrected chi connectivity index (χ0v) is 11.8. The second-order valence-corrected chi connectivity index (χ2v) is 4.32. The second kappa shape index (κ2) is 6.60. The molecule has 6 heteroatoms. The lowest BCUT2D eigenvalue weighted by Crippen LogP contribution is -1.98.